The van der Waals surface area contributed by atoms with Gasteiger partial charge in [-0.15, -0.1) is 0 Å². The van der Waals surface area contributed by atoms with Gasteiger partial charge in [-0.05, 0) is 13.5 Å². The van der Waals surface area contributed by atoms with Crippen LogP contribution < -0.4 is 10.6 Å². The Bertz CT molecular complexity index is 329. The van der Waals surface area contributed by atoms with Gasteiger partial charge in [0.2, 0.25) is 0 Å². The van der Waals surface area contributed by atoms with Gasteiger partial charge >= 0.3 is 0 Å². The molecule has 2 rings (SSSR count). The second-order valence-corrected chi connectivity index (χ2v) is 6.99. The molecule has 94 valence electrons. The van der Waals surface area contributed by atoms with E-state index < -0.39 is 9.84 Å². The van der Waals surface area contributed by atoms with Crippen molar-refractivity contribution >= 4 is 9.84 Å². The summed E-state index contributed by atoms with van der Waals surface area (Å²) in [4.78, 5) is 2.34. The monoisotopic (exact) mass is 247 g/mol. The summed E-state index contributed by atoms with van der Waals surface area (Å²) < 4.78 is 22.9. The predicted octanol–water partition coefficient (Wildman–Crippen LogP) is -1.33. The van der Waals surface area contributed by atoms with Gasteiger partial charge in [0, 0.05) is 38.3 Å². The molecular formula is C10H21N3O2S. The highest BCUT2D eigenvalue weighted by atomic mass is 32.2. The quantitative estimate of drug-likeness (QED) is 0.647. The van der Waals surface area contributed by atoms with E-state index in [4.69, 9.17) is 0 Å². The van der Waals surface area contributed by atoms with Crippen LogP contribution in [0.15, 0.2) is 0 Å². The van der Waals surface area contributed by atoms with Crippen LogP contribution in [0.25, 0.3) is 0 Å². The second-order valence-electron chi connectivity index (χ2n) is 4.76. The molecule has 6 heteroatoms. The molecule has 5 nitrogen and oxygen atoms in total. The summed E-state index contributed by atoms with van der Waals surface area (Å²) in [7, 11) is -0.807. The Kier molecular flexibility index (Phi) is 3.84. The molecule has 16 heavy (non-hydrogen) atoms. The molecule has 2 saturated heterocycles. The Morgan fingerprint density at radius 3 is 2.94 bits per heavy atom. The first-order valence-electron chi connectivity index (χ1n) is 5.93. The zero-order valence-electron chi connectivity index (χ0n) is 9.78. The van der Waals surface area contributed by atoms with Crippen molar-refractivity contribution in [1.82, 2.24) is 15.5 Å². The highest BCUT2D eigenvalue weighted by Crippen LogP contribution is 2.18. The highest BCUT2D eigenvalue weighted by Gasteiger charge is 2.34. The van der Waals surface area contributed by atoms with Crippen molar-refractivity contribution in [3.63, 3.8) is 0 Å². The topological polar surface area (TPSA) is 61.4 Å². The van der Waals surface area contributed by atoms with Gasteiger partial charge in [-0.2, -0.15) is 0 Å². The lowest BCUT2D eigenvalue weighted by Gasteiger charge is -2.37. The number of sulfone groups is 1. The van der Waals surface area contributed by atoms with E-state index in [1.807, 2.05) is 7.05 Å². The van der Waals surface area contributed by atoms with E-state index in [-0.39, 0.29) is 6.04 Å². The van der Waals surface area contributed by atoms with Gasteiger partial charge < -0.3 is 10.6 Å². The molecular weight excluding hydrogens is 226 g/mol. The fourth-order valence-electron chi connectivity index (χ4n) is 2.63. The molecule has 0 amide bonds. The Labute approximate surface area is 97.5 Å². The van der Waals surface area contributed by atoms with Crippen LogP contribution in [0.5, 0.6) is 0 Å². The molecule has 0 radical (unpaired) electrons. The van der Waals surface area contributed by atoms with Crippen molar-refractivity contribution in [3.8, 4) is 0 Å². The van der Waals surface area contributed by atoms with Gasteiger partial charge in [0.05, 0.1) is 11.5 Å². The molecule has 2 fully saturated rings. The first-order chi connectivity index (χ1) is 7.61. The Hall–Kier alpha value is -0.170. The SMILES string of the molecule is CNCC1CN(C2CCS(=O)(=O)C2)CCN1. The van der Waals surface area contributed by atoms with E-state index in [0.29, 0.717) is 17.5 Å². The Morgan fingerprint density at radius 1 is 1.50 bits per heavy atom. The van der Waals surface area contributed by atoms with Crippen LogP contribution in [0.4, 0.5) is 0 Å². The predicted molar refractivity (Wildman–Crippen MR) is 64.3 cm³/mol. The van der Waals surface area contributed by atoms with Gasteiger partial charge in [0.1, 0.15) is 0 Å². The molecule has 0 bridgehead atoms. The van der Waals surface area contributed by atoms with E-state index in [1.54, 1.807) is 0 Å². The minimum atomic E-state index is -2.75. The molecule has 2 aliphatic rings. The maximum Gasteiger partial charge on any atom is 0.151 e. The number of rotatable bonds is 3. The van der Waals surface area contributed by atoms with E-state index in [0.717, 1.165) is 32.6 Å². The lowest BCUT2D eigenvalue weighted by molar-refractivity contribution is 0.155. The first kappa shape index (κ1) is 12.3. The molecule has 2 aliphatic heterocycles. The molecule has 0 aliphatic carbocycles. The second kappa shape index (κ2) is 5.00. The van der Waals surface area contributed by atoms with E-state index in [1.165, 1.54) is 0 Å². The fraction of sp³-hybridized carbons (Fsp3) is 1.00. The molecule has 0 aromatic heterocycles. The highest BCUT2D eigenvalue weighted by molar-refractivity contribution is 7.91. The normalized spacial score (nSPS) is 35.3. The van der Waals surface area contributed by atoms with Crippen molar-refractivity contribution in [1.29, 1.82) is 0 Å². The lowest BCUT2D eigenvalue weighted by Crippen LogP contribution is -2.56. The third kappa shape index (κ3) is 2.94. The fourth-order valence-corrected chi connectivity index (χ4v) is 4.39. The van der Waals surface area contributed by atoms with Crippen molar-refractivity contribution < 1.29 is 8.42 Å². The largest absolute Gasteiger partial charge is 0.318 e. The van der Waals surface area contributed by atoms with Gasteiger partial charge in [-0.25, -0.2) is 8.42 Å². The van der Waals surface area contributed by atoms with Crippen LogP contribution in [-0.2, 0) is 9.84 Å². The first-order valence-corrected chi connectivity index (χ1v) is 7.75. The minimum Gasteiger partial charge on any atom is -0.318 e. The number of nitrogens with one attached hydrogen (secondary N) is 2. The summed E-state index contributed by atoms with van der Waals surface area (Å²) in [5.74, 6) is 0.734. The molecule has 0 aromatic rings. The third-order valence-corrected chi connectivity index (χ3v) is 5.21. The average Bonchev–Trinajstić information content (AvgIpc) is 2.60. The average molecular weight is 247 g/mol. The maximum atomic E-state index is 11.4. The van der Waals surface area contributed by atoms with Gasteiger partial charge in [0.15, 0.2) is 9.84 Å². The molecule has 2 N–H and O–H groups in total. The Morgan fingerprint density at radius 2 is 2.31 bits per heavy atom. The van der Waals surface area contributed by atoms with Crippen molar-refractivity contribution in [2.24, 2.45) is 0 Å². The van der Waals surface area contributed by atoms with Crippen LogP contribution in [0.3, 0.4) is 0 Å². The number of hydrogen-bond acceptors (Lipinski definition) is 5. The summed E-state index contributed by atoms with van der Waals surface area (Å²) in [6.07, 6.45) is 0.814. The summed E-state index contributed by atoms with van der Waals surface area (Å²) in [6.45, 7) is 3.83. The number of nitrogens with zero attached hydrogens (tertiary/aromatic N) is 1. The van der Waals surface area contributed by atoms with Crippen LogP contribution in [0, 0.1) is 0 Å². The van der Waals surface area contributed by atoms with E-state index in [2.05, 4.69) is 15.5 Å². The molecule has 2 atom stereocenters. The van der Waals surface area contributed by atoms with E-state index >= 15 is 0 Å². The lowest BCUT2D eigenvalue weighted by atomic mass is 10.1. The third-order valence-electron chi connectivity index (χ3n) is 3.46. The Balaban J connectivity index is 1.90. The molecule has 2 unspecified atom stereocenters. The van der Waals surface area contributed by atoms with E-state index in [9.17, 15) is 8.42 Å². The molecule has 0 saturated carbocycles. The number of hydrogen-bond donors (Lipinski definition) is 2. The molecule has 0 aromatic carbocycles. The van der Waals surface area contributed by atoms with Crippen LogP contribution >= 0.6 is 0 Å². The van der Waals surface area contributed by atoms with Gasteiger partial charge in [-0.1, -0.05) is 0 Å². The smallest absolute Gasteiger partial charge is 0.151 e. The zero-order valence-corrected chi connectivity index (χ0v) is 10.6. The summed E-state index contributed by atoms with van der Waals surface area (Å²) >= 11 is 0. The standard InChI is InChI=1S/C10H21N3O2S/c1-11-6-9-7-13(4-3-12-9)10-2-5-16(14,15)8-10/h9-12H,2-8H2,1H3. The summed E-state index contributed by atoms with van der Waals surface area (Å²) in [5.41, 5.74) is 0. The number of piperazine rings is 1. The molecule has 2 heterocycles. The summed E-state index contributed by atoms with van der Waals surface area (Å²) in [5, 5.41) is 6.60. The molecule has 0 spiro atoms. The minimum absolute atomic E-state index is 0.256. The number of likely N-dealkylation sites (N-methyl/N-ethyl adjacent to an activating group) is 1. The van der Waals surface area contributed by atoms with Crippen LogP contribution in [0.2, 0.25) is 0 Å². The zero-order chi connectivity index (χ0) is 11.6. The van der Waals surface area contributed by atoms with Crippen molar-refractivity contribution in [3.05, 3.63) is 0 Å². The van der Waals surface area contributed by atoms with Crippen molar-refractivity contribution in [2.45, 2.75) is 18.5 Å². The summed E-state index contributed by atoms with van der Waals surface area (Å²) in [6, 6.07) is 0.702. The van der Waals surface area contributed by atoms with Gasteiger partial charge in [0.25, 0.3) is 0 Å². The van der Waals surface area contributed by atoms with Crippen molar-refractivity contribution in [2.75, 3.05) is 44.7 Å². The van der Waals surface area contributed by atoms with Crippen LogP contribution in [0.1, 0.15) is 6.42 Å². The van der Waals surface area contributed by atoms with Gasteiger partial charge in [-0.3, -0.25) is 4.90 Å². The van der Waals surface area contributed by atoms with Crippen LogP contribution in [-0.4, -0.2) is 70.1 Å². The maximum absolute atomic E-state index is 11.4.